The third-order valence-electron chi connectivity index (χ3n) is 2.12. The molecule has 2 aromatic rings. The molecule has 2 nitrogen and oxygen atoms in total. The Labute approximate surface area is 120 Å². The van der Waals surface area contributed by atoms with Crippen LogP contribution in [0.1, 0.15) is 5.69 Å². The lowest BCUT2D eigenvalue weighted by Gasteiger charge is -2.09. The van der Waals surface area contributed by atoms with Crippen LogP contribution in [0.15, 0.2) is 40.9 Å². The first-order valence-corrected chi connectivity index (χ1v) is 6.20. The van der Waals surface area contributed by atoms with E-state index in [-0.39, 0.29) is 16.7 Å². The molecule has 0 spiro atoms. The van der Waals surface area contributed by atoms with E-state index in [0.29, 0.717) is 0 Å². The van der Waals surface area contributed by atoms with Crippen molar-refractivity contribution < 1.29 is 17.9 Å². The van der Waals surface area contributed by atoms with Crippen LogP contribution in [0.25, 0.3) is 0 Å². The summed E-state index contributed by atoms with van der Waals surface area (Å²) < 4.78 is 43.4. The normalized spacial score (nSPS) is 11.4. The van der Waals surface area contributed by atoms with E-state index < -0.39 is 11.9 Å². The standard InChI is InChI=1S/C12H6BrClF3NO/c13-7-4-5-9(8(14)6-7)19-11-3-1-2-10(18-11)12(15,16)17/h1-6H. The molecule has 0 N–H and O–H groups in total. The van der Waals surface area contributed by atoms with Gasteiger partial charge in [-0.25, -0.2) is 4.98 Å². The predicted molar refractivity (Wildman–Crippen MR) is 68.5 cm³/mol. The van der Waals surface area contributed by atoms with Gasteiger partial charge >= 0.3 is 6.18 Å². The smallest absolute Gasteiger partial charge is 0.433 e. The first kappa shape index (κ1) is 14.1. The Morgan fingerprint density at radius 1 is 1.16 bits per heavy atom. The zero-order valence-corrected chi connectivity index (χ0v) is 11.6. The molecule has 19 heavy (non-hydrogen) atoms. The summed E-state index contributed by atoms with van der Waals surface area (Å²) >= 11 is 9.12. The van der Waals surface area contributed by atoms with Gasteiger partial charge in [-0.2, -0.15) is 13.2 Å². The van der Waals surface area contributed by atoms with Crippen LogP contribution in [-0.2, 0) is 6.18 Å². The summed E-state index contributed by atoms with van der Waals surface area (Å²) in [6, 6.07) is 8.19. The van der Waals surface area contributed by atoms with E-state index in [1.165, 1.54) is 18.2 Å². The van der Waals surface area contributed by atoms with E-state index in [1.54, 1.807) is 12.1 Å². The van der Waals surface area contributed by atoms with Crippen LogP contribution in [0.2, 0.25) is 5.02 Å². The van der Waals surface area contributed by atoms with Crippen LogP contribution >= 0.6 is 27.5 Å². The number of halogens is 5. The molecule has 1 aromatic carbocycles. The molecule has 1 heterocycles. The Morgan fingerprint density at radius 3 is 2.53 bits per heavy atom. The zero-order chi connectivity index (χ0) is 14.0. The highest BCUT2D eigenvalue weighted by Gasteiger charge is 2.32. The quantitative estimate of drug-likeness (QED) is 0.731. The summed E-state index contributed by atoms with van der Waals surface area (Å²) in [5.74, 6) is 0.0655. The van der Waals surface area contributed by atoms with E-state index in [9.17, 15) is 13.2 Å². The average molecular weight is 353 g/mol. The summed E-state index contributed by atoms with van der Waals surface area (Å²) in [6.45, 7) is 0. The predicted octanol–water partition coefficient (Wildman–Crippen LogP) is 5.31. The molecule has 0 aliphatic carbocycles. The topological polar surface area (TPSA) is 22.1 Å². The van der Waals surface area contributed by atoms with Gasteiger partial charge in [-0.1, -0.05) is 33.6 Å². The minimum absolute atomic E-state index is 0.168. The Morgan fingerprint density at radius 2 is 1.89 bits per heavy atom. The lowest BCUT2D eigenvalue weighted by atomic mass is 10.3. The molecule has 100 valence electrons. The number of pyridine rings is 1. The molecule has 2 rings (SSSR count). The maximum Gasteiger partial charge on any atom is 0.433 e. The minimum Gasteiger partial charge on any atom is -0.437 e. The molecule has 0 radical (unpaired) electrons. The lowest BCUT2D eigenvalue weighted by molar-refractivity contribution is -0.141. The third-order valence-corrected chi connectivity index (χ3v) is 2.91. The van der Waals surface area contributed by atoms with Gasteiger partial charge in [0.2, 0.25) is 5.88 Å². The van der Waals surface area contributed by atoms with Crippen molar-refractivity contribution >= 4 is 27.5 Å². The Hall–Kier alpha value is -1.27. The van der Waals surface area contributed by atoms with Crippen molar-refractivity contribution in [1.29, 1.82) is 0 Å². The van der Waals surface area contributed by atoms with E-state index >= 15 is 0 Å². The van der Waals surface area contributed by atoms with Crippen LogP contribution in [0.3, 0.4) is 0 Å². The summed E-state index contributed by atoms with van der Waals surface area (Å²) in [5, 5.41) is 0.272. The van der Waals surface area contributed by atoms with Crippen molar-refractivity contribution in [3.05, 3.63) is 51.6 Å². The molecule has 1 aromatic heterocycles. The Bertz CT molecular complexity index is 604. The summed E-state index contributed by atoms with van der Waals surface area (Å²) in [7, 11) is 0. The fraction of sp³-hybridized carbons (Fsp3) is 0.0833. The maximum atomic E-state index is 12.5. The van der Waals surface area contributed by atoms with Gasteiger partial charge in [0.15, 0.2) is 0 Å². The van der Waals surface area contributed by atoms with Gasteiger partial charge < -0.3 is 4.74 Å². The second-order valence-electron chi connectivity index (χ2n) is 3.54. The molecule has 0 bridgehead atoms. The van der Waals surface area contributed by atoms with Gasteiger partial charge in [0, 0.05) is 10.5 Å². The van der Waals surface area contributed by atoms with E-state index in [1.807, 2.05) is 0 Å². The largest absolute Gasteiger partial charge is 0.437 e. The fourth-order valence-corrected chi connectivity index (χ4v) is 2.01. The second kappa shape index (κ2) is 5.38. The summed E-state index contributed by atoms with van der Waals surface area (Å²) in [6.07, 6.45) is -4.51. The zero-order valence-electron chi connectivity index (χ0n) is 9.21. The van der Waals surface area contributed by atoms with Gasteiger partial charge in [-0.15, -0.1) is 0 Å². The number of nitrogens with zero attached hydrogens (tertiary/aromatic N) is 1. The van der Waals surface area contributed by atoms with Crippen LogP contribution < -0.4 is 4.74 Å². The van der Waals surface area contributed by atoms with Gasteiger partial charge in [0.05, 0.1) is 5.02 Å². The maximum absolute atomic E-state index is 12.5. The van der Waals surface area contributed by atoms with Crippen molar-refractivity contribution in [3.63, 3.8) is 0 Å². The van der Waals surface area contributed by atoms with Gasteiger partial charge in [-0.05, 0) is 24.3 Å². The summed E-state index contributed by atoms with van der Waals surface area (Å²) in [5.41, 5.74) is -1.02. The number of rotatable bonds is 2. The first-order valence-electron chi connectivity index (χ1n) is 5.03. The third kappa shape index (κ3) is 3.61. The van der Waals surface area contributed by atoms with Crippen molar-refractivity contribution in [3.8, 4) is 11.6 Å². The van der Waals surface area contributed by atoms with E-state index in [4.69, 9.17) is 16.3 Å². The van der Waals surface area contributed by atoms with Crippen molar-refractivity contribution in [2.45, 2.75) is 6.18 Å². The minimum atomic E-state index is -4.51. The highest BCUT2D eigenvalue weighted by Crippen LogP contribution is 2.33. The van der Waals surface area contributed by atoms with Gasteiger partial charge in [0.1, 0.15) is 11.4 Å². The highest BCUT2D eigenvalue weighted by molar-refractivity contribution is 9.10. The molecule has 0 amide bonds. The van der Waals surface area contributed by atoms with E-state index in [2.05, 4.69) is 20.9 Å². The molecule has 7 heteroatoms. The van der Waals surface area contributed by atoms with Crippen LogP contribution in [0, 0.1) is 0 Å². The average Bonchev–Trinajstić information content (AvgIpc) is 2.32. The molecule has 0 fully saturated rings. The van der Waals surface area contributed by atoms with Crippen LogP contribution in [0.5, 0.6) is 11.6 Å². The molecular formula is C12H6BrClF3NO. The number of benzene rings is 1. The highest BCUT2D eigenvalue weighted by atomic mass is 79.9. The van der Waals surface area contributed by atoms with Crippen LogP contribution in [0.4, 0.5) is 13.2 Å². The van der Waals surface area contributed by atoms with Gasteiger partial charge in [-0.3, -0.25) is 0 Å². The first-order chi connectivity index (χ1) is 8.86. The second-order valence-corrected chi connectivity index (χ2v) is 4.86. The SMILES string of the molecule is FC(F)(F)c1cccc(Oc2ccc(Br)cc2Cl)n1. The monoisotopic (exact) mass is 351 g/mol. The lowest BCUT2D eigenvalue weighted by Crippen LogP contribution is -2.07. The molecule has 0 atom stereocenters. The number of aromatic nitrogens is 1. The fourth-order valence-electron chi connectivity index (χ4n) is 1.30. The molecular weight excluding hydrogens is 346 g/mol. The summed E-state index contributed by atoms with van der Waals surface area (Å²) in [4.78, 5) is 3.39. The van der Waals surface area contributed by atoms with Gasteiger partial charge in [0.25, 0.3) is 0 Å². The van der Waals surface area contributed by atoms with E-state index in [0.717, 1.165) is 10.5 Å². The van der Waals surface area contributed by atoms with Crippen molar-refractivity contribution in [2.24, 2.45) is 0 Å². The molecule has 0 unspecified atom stereocenters. The van der Waals surface area contributed by atoms with Crippen molar-refractivity contribution in [2.75, 3.05) is 0 Å². The Balaban J connectivity index is 2.29. The molecule has 0 aliphatic rings. The molecule has 0 saturated carbocycles. The van der Waals surface area contributed by atoms with Crippen LogP contribution in [-0.4, -0.2) is 4.98 Å². The Kier molecular flexibility index (Phi) is 4.01. The number of hydrogen-bond donors (Lipinski definition) is 0. The molecule has 0 saturated heterocycles. The number of hydrogen-bond acceptors (Lipinski definition) is 2. The van der Waals surface area contributed by atoms with Crippen molar-refractivity contribution in [1.82, 2.24) is 4.98 Å². The molecule has 0 aliphatic heterocycles. The number of alkyl halides is 3. The number of ether oxygens (including phenoxy) is 1.